The summed E-state index contributed by atoms with van der Waals surface area (Å²) in [6, 6.07) is 25.9. The molecule has 4 nitrogen and oxygen atoms in total. The lowest BCUT2D eigenvalue weighted by atomic mass is 10.1. The number of carbonyl (C=O) groups is 1. The van der Waals surface area contributed by atoms with Crippen molar-refractivity contribution in [3.05, 3.63) is 103 Å². The standard InChI is InChI=1S/C23H21N3O/c27-23(15-14-19-9-3-1-4-10-19)26(20-11-5-2-6-12-20)18-21-17-24-22-13-7-8-16-25(21)22/h1-13,16-17H,14-15,18H2. The summed E-state index contributed by atoms with van der Waals surface area (Å²) in [5.41, 5.74) is 3.95. The lowest BCUT2D eigenvalue weighted by molar-refractivity contribution is -0.118. The number of nitrogens with zero attached hydrogens (tertiary/aromatic N) is 3. The van der Waals surface area contributed by atoms with Gasteiger partial charge < -0.3 is 9.30 Å². The number of benzene rings is 2. The minimum absolute atomic E-state index is 0.107. The van der Waals surface area contributed by atoms with Crippen LogP contribution in [0, 0.1) is 0 Å². The van der Waals surface area contributed by atoms with Crippen LogP contribution in [0.15, 0.2) is 91.3 Å². The molecule has 0 saturated heterocycles. The van der Waals surface area contributed by atoms with Gasteiger partial charge in [0, 0.05) is 18.3 Å². The third-order valence-electron chi connectivity index (χ3n) is 4.65. The van der Waals surface area contributed by atoms with Crippen LogP contribution in [0.1, 0.15) is 17.7 Å². The number of hydrogen-bond acceptors (Lipinski definition) is 2. The van der Waals surface area contributed by atoms with Gasteiger partial charge in [-0.1, -0.05) is 54.6 Å². The fourth-order valence-corrected chi connectivity index (χ4v) is 3.23. The van der Waals surface area contributed by atoms with Crippen molar-refractivity contribution in [3.63, 3.8) is 0 Å². The van der Waals surface area contributed by atoms with Gasteiger partial charge in [-0.15, -0.1) is 0 Å². The lowest BCUT2D eigenvalue weighted by Gasteiger charge is -2.23. The van der Waals surface area contributed by atoms with Gasteiger partial charge in [0.1, 0.15) is 5.65 Å². The van der Waals surface area contributed by atoms with Crippen molar-refractivity contribution in [2.24, 2.45) is 0 Å². The number of pyridine rings is 1. The zero-order chi connectivity index (χ0) is 18.5. The molecule has 4 heteroatoms. The molecule has 0 unspecified atom stereocenters. The molecule has 0 N–H and O–H groups in total. The molecule has 2 aromatic heterocycles. The number of carbonyl (C=O) groups excluding carboxylic acids is 1. The molecule has 1 amide bonds. The van der Waals surface area contributed by atoms with Gasteiger partial charge >= 0.3 is 0 Å². The Bertz CT molecular complexity index is 1030. The predicted molar refractivity (Wildman–Crippen MR) is 108 cm³/mol. The van der Waals surface area contributed by atoms with Gasteiger partial charge in [-0.2, -0.15) is 0 Å². The predicted octanol–water partition coefficient (Wildman–Crippen LogP) is 4.50. The smallest absolute Gasteiger partial charge is 0.227 e. The minimum Gasteiger partial charge on any atom is -0.306 e. The summed E-state index contributed by atoms with van der Waals surface area (Å²) >= 11 is 0. The lowest BCUT2D eigenvalue weighted by Crippen LogP contribution is -2.31. The minimum atomic E-state index is 0.107. The summed E-state index contributed by atoms with van der Waals surface area (Å²) < 4.78 is 2.03. The Morgan fingerprint density at radius 1 is 0.889 bits per heavy atom. The maximum atomic E-state index is 13.1. The number of hydrogen-bond donors (Lipinski definition) is 0. The van der Waals surface area contributed by atoms with E-state index in [9.17, 15) is 4.79 Å². The van der Waals surface area contributed by atoms with Crippen LogP contribution in [-0.2, 0) is 17.8 Å². The highest BCUT2D eigenvalue weighted by atomic mass is 16.2. The highest BCUT2D eigenvalue weighted by Crippen LogP contribution is 2.19. The first kappa shape index (κ1) is 17.0. The molecule has 2 heterocycles. The maximum Gasteiger partial charge on any atom is 0.227 e. The molecule has 0 aliphatic heterocycles. The molecule has 27 heavy (non-hydrogen) atoms. The Balaban J connectivity index is 1.58. The van der Waals surface area contributed by atoms with Gasteiger partial charge in [0.25, 0.3) is 0 Å². The van der Waals surface area contributed by atoms with Gasteiger partial charge in [0.05, 0.1) is 18.4 Å². The molecule has 0 bridgehead atoms. The Kier molecular flexibility index (Phi) is 4.97. The van der Waals surface area contributed by atoms with Gasteiger partial charge in [-0.05, 0) is 36.2 Å². The van der Waals surface area contributed by atoms with Gasteiger partial charge in [0.2, 0.25) is 5.91 Å². The number of aromatic nitrogens is 2. The molecule has 0 radical (unpaired) electrons. The molecule has 0 atom stereocenters. The Morgan fingerprint density at radius 2 is 1.59 bits per heavy atom. The van der Waals surface area contributed by atoms with Crippen molar-refractivity contribution in [2.45, 2.75) is 19.4 Å². The van der Waals surface area contributed by atoms with Crippen LogP contribution >= 0.6 is 0 Å². The number of anilines is 1. The van der Waals surface area contributed by atoms with Crippen LogP contribution in [0.2, 0.25) is 0 Å². The van der Waals surface area contributed by atoms with Gasteiger partial charge in [-0.25, -0.2) is 4.98 Å². The quantitative estimate of drug-likeness (QED) is 0.511. The van der Waals surface area contributed by atoms with E-state index in [0.29, 0.717) is 13.0 Å². The molecule has 0 aliphatic rings. The molecule has 4 aromatic rings. The first-order valence-corrected chi connectivity index (χ1v) is 9.11. The first-order valence-electron chi connectivity index (χ1n) is 9.11. The van der Waals surface area contributed by atoms with E-state index in [1.807, 2.05) is 88.4 Å². The number of amides is 1. The second-order valence-corrected chi connectivity index (χ2v) is 6.48. The highest BCUT2D eigenvalue weighted by Gasteiger charge is 2.18. The highest BCUT2D eigenvalue weighted by molar-refractivity contribution is 5.93. The molecule has 0 aliphatic carbocycles. The summed E-state index contributed by atoms with van der Waals surface area (Å²) in [7, 11) is 0. The van der Waals surface area contributed by atoms with E-state index < -0.39 is 0 Å². The van der Waals surface area contributed by atoms with E-state index in [2.05, 4.69) is 17.1 Å². The monoisotopic (exact) mass is 355 g/mol. The van der Waals surface area contributed by atoms with E-state index >= 15 is 0 Å². The molecule has 0 saturated carbocycles. The number of rotatable bonds is 6. The molecule has 0 fully saturated rings. The normalized spacial score (nSPS) is 10.8. The summed E-state index contributed by atoms with van der Waals surface area (Å²) in [6.45, 7) is 0.489. The second-order valence-electron chi connectivity index (χ2n) is 6.48. The molecule has 4 rings (SSSR count). The SMILES string of the molecule is O=C(CCc1ccccc1)N(Cc1cnc2ccccn12)c1ccccc1. The van der Waals surface area contributed by atoms with Crippen LogP contribution < -0.4 is 4.90 Å². The van der Waals surface area contributed by atoms with E-state index in [-0.39, 0.29) is 5.91 Å². The third-order valence-corrected chi connectivity index (χ3v) is 4.65. The fraction of sp³-hybridized carbons (Fsp3) is 0.130. The largest absolute Gasteiger partial charge is 0.306 e. The van der Waals surface area contributed by atoms with Crippen molar-refractivity contribution in [1.29, 1.82) is 0 Å². The van der Waals surface area contributed by atoms with Crippen LogP contribution in [0.5, 0.6) is 0 Å². The van der Waals surface area contributed by atoms with E-state index in [4.69, 9.17) is 0 Å². The average molecular weight is 355 g/mol. The van der Waals surface area contributed by atoms with E-state index in [1.165, 1.54) is 5.56 Å². The van der Waals surface area contributed by atoms with Gasteiger partial charge in [-0.3, -0.25) is 4.79 Å². The van der Waals surface area contributed by atoms with Crippen molar-refractivity contribution in [2.75, 3.05) is 4.90 Å². The molecular formula is C23H21N3O. The Labute approximate surface area is 158 Å². The topological polar surface area (TPSA) is 37.6 Å². The maximum absolute atomic E-state index is 13.1. The Hall–Kier alpha value is -3.40. The zero-order valence-electron chi connectivity index (χ0n) is 15.0. The van der Waals surface area contributed by atoms with Crippen LogP contribution in [0.4, 0.5) is 5.69 Å². The van der Waals surface area contributed by atoms with Crippen molar-refractivity contribution >= 4 is 17.2 Å². The van der Waals surface area contributed by atoms with E-state index in [0.717, 1.165) is 23.4 Å². The van der Waals surface area contributed by atoms with Crippen molar-refractivity contribution < 1.29 is 4.79 Å². The van der Waals surface area contributed by atoms with Crippen LogP contribution in [0.3, 0.4) is 0 Å². The number of fused-ring (bicyclic) bond motifs is 1. The fourth-order valence-electron chi connectivity index (χ4n) is 3.23. The summed E-state index contributed by atoms with van der Waals surface area (Å²) in [6.07, 6.45) is 5.02. The number of aryl methyl sites for hydroxylation is 1. The number of imidazole rings is 1. The molecular weight excluding hydrogens is 334 g/mol. The molecule has 134 valence electrons. The van der Waals surface area contributed by atoms with Crippen LogP contribution in [0.25, 0.3) is 5.65 Å². The van der Waals surface area contributed by atoms with Crippen molar-refractivity contribution in [1.82, 2.24) is 9.38 Å². The summed E-state index contributed by atoms with van der Waals surface area (Å²) in [5, 5.41) is 0. The van der Waals surface area contributed by atoms with E-state index in [1.54, 1.807) is 0 Å². The zero-order valence-corrected chi connectivity index (χ0v) is 15.0. The number of para-hydroxylation sites is 1. The third kappa shape index (κ3) is 3.90. The van der Waals surface area contributed by atoms with Gasteiger partial charge in [0.15, 0.2) is 0 Å². The average Bonchev–Trinajstić information content (AvgIpc) is 3.14. The first-order chi connectivity index (χ1) is 13.3. The van der Waals surface area contributed by atoms with Crippen LogP contribution in [-0.4, -0.2) is 15.3 Å². The molecule has 2 aromatic carbocycles. The molecule has 0 spiro atoms. The summed E-state index contributed by atoms with van der Waals surface area (Å²) in [5.74, 6) is 0.107. The van der Waals surface area contributed by atoms with Crippen molar-refractivity contribution in [3.8, 4) is 0 Å². The second kappa shape index (κ2) is 7.87. The Morgan fingerprint density at radius 3 is 2.37 bits per heavy atom. The summed E-state index contributed by atoms with van der Waals surface area (Å²) in [4.78, 5) is 19.4.